The third-order valence-electron chi connectivity index (χ3n) is 13.6. The van der Waals surface area contributed by atoms with Crippen LogP contribution in [0.3, 0.4) is 0 Å². The summed E-state index contributed by atoms with van der Waals surface area (Å²) in [5.74, 6) is -0.329. The van der Waals surface area contributed by atoms with Gasteiger partial charge in [-0.2, -0.15) is 0 Å². The standard InChI is InChI=1S/C67H104O6/c1-15-26-64(70)72-66-60(14)61(67(73-65(71)27-16-2)63(49-69)62(66)48-68)47-46-59(13)45-25-44-58(12)43-24-42-57(11)41-23-40-56(10)39-22-38-55(9)37-21-36-54(8)35-20-34-53(7)33-19-32-52(6)31-18-30-51(5)29-17-28-50(3)4/h28,30,32,34,36,38,40,42,44,46,68-69H,15-27,29,31,33,35,37,39,41,43,45,47-49H2,1-14H3/b51-30+,52-32+,53-34+,54-36+,55-38+,56-40+,57-42+,58-44+,59-46+. The maximum absolute atomic E-state index is 12.7. The fourth-order valence-electron chi connectivity index (χ4n) is 8.72. The van der Waals surface area contributed by atoms with Crippen molar-refractivity contribution in [1.82, 2.24) is 0 Å². The number of carbonyl (C=O) groups excluding carboxylic acids is 2. The van der Waals surface area contributed by atoms with Crippen molar-refractivity contribution < 1.29 is 29.3 Å². The molecule has 0 fully saturated rings. The lowest BCUT2D eigenvalue weighted by molar-refractivity contribution is -0.135. The van der Waals surface area contributed by atoms with Crippen molar-refractivity contribution in [3.05, 3.63) is 139 Å². The molecule has 2 N–H and O–H groups in total. The molecule has 0 unspecified atom stereocenters. The van der Waals surface area contributed by atoms with Crippen LogP contribution >= 0.6 is 0 Å². The summed E-state index contributed by atoms with van der Waals surface area (Å²) < 4.78 is 11.6. The van der Waals surface area contributed by atoms with Crippen LogP contribution in [-0.4, -0.2) is 22.2 Å². The number of hydrogen-bond acceptors (Lipinski definition) is 6. The topological polar surface area (TPSA) is 93.1 Å². The van der Waals surface area contributed by atoms with E-state index in [0.29, 0.717) is 30.4 Å². The Balaban J connectivity index is 2.53. The van der Waals surface area contributed by atoms with Crippen molar-refractivity contribution >= 4 is 11.9 Å². The monoisotopic (exact) mass is 1000 g/mol. The van der Waals surface area contributed by atoms with E-state index in [1.165, 1.54) is 68.6 Å². The highest BCUT2D eigenvalue weighted by atomic mass is 16.5. The number of rotatable bonds is 37. The third-order valence-corrected chi connectivity index (χ3v) is 13.6. The fourth-order valence-corrected chi connectivity index (χ4v) is 8.72. The molecule has 73 heavy (non-hydrogen) atoms. The quantitative estimate of drug-likeness (QED) is 0.0392. The fraction of sp³-hybridized carbons (Fsp3) is 0.582. The van der Waals surface area contributed by atoms with Crippen molar-refractivity contribution in [2.75, 3.05) is 0 Å². The van der Waals surface area contributed by atoms with Crippen LogP contribution in [0.25, 0.3) is 0 Å². The Morgan fingerprint density at radius 2 is 0.603 bits per heavy atom. The lowest BCUT2D eigenvalue weighted by Gasteiger charge is -2.22. The van der Waals surface area contributed by atoms with Crippen molar-refractivity contribution in [3.8, 4) is 11.5 Å². The molecule has 0 aromatic heterocycles. The molecule has 0 aliphatic rings. The zero-order valence-corrected chi connectivity index (χ0v) is 49.0. The van der Waals surface area contributed by atoms with Crippen molar-refractivity contribution in [3.63, 3.8) is 0 Å². The molecular weight excluding hydrogens is 901 g/mol. The summed E-state index contributed by atoms with van der Waals surface area (Å²) in [5.41, 5.74) is 16.3. The van der Waals surface area contributed by atoms with Gasteiger partial charge in [0.2, 0.25) is 0 Å². The molecule has 0 radical (unpaired) electrons. The number of aliphatic hydroxyl groups excluding tert-OH is 2. The maximum atomic E-state index is 12.7. The van der Waals surface area contributed by atoms with Crippen molar-refractivity contribution in [2.24, 2.45) is 0 Å². The summed E-state index contributed by atoms with van der Waals surface area (Å²) in [6.45, 7) is 29.3. The third kappa shape index (κ3) is 31.1. The second kappa shape index (κ2) is 39.9. The molecular formula is C67H104O6. The first-order chi connectivity index (χ1) is 34.8. The number of benzene rings is 1. The van der Waals surface area contributed by atoms with Crippen molar-refractivity contribution in [2.45, 2.75) is 258 Å². The van der Waals surface area contributed by atoms with Crippen LogP contribution in [0.5, 0.6) is 11.5 Å². The Kier molecular flexibility index (Phi) is 36.3. The molecule has 408 valence electrons. The molecule has 0 atom stereocenters. The number of hydrogen-bond donors (Lipinski definition) is 2. The molecule has 1 aromatic rings. The summed E-state index contributed by atoms with van der Waals surface area (Å²) in [6, 6.07) is 0. The van der Waals surface area contributed by atoms with Gasteiger partial charge < -0.3 is 19.7 Å². The highest BCUT2D eigenvalue weighted by Gasteiger charge is 2.26. The lowest BCUT2D eigenvalue weighted by atomic mass is 9.93. The maximum Gasteiger partial charge on any atom is 0.311 e. The Hall–Kier alpha value is -4.52. The van der Waals surface area contributed by atoms with Gasteiger partial charge in [-0.05, 0) is 223 Å². The predicted octanol–water partition coefficient (Wildman–Crippen LogP) is 19.4. The molecule has 0 aliphatic carbocycles. The van der Waals surface area contributed by atoms with Crippen LogP contribution < -0.4 is 9.47 Å². The molecule has 0 heterocycles. The van der Waals surface area contributed by atoms with Gasteiger partial charge in [0.05, 0.1) is 13.2 Å². The average Bonchev–Trinajstić information content (AvgIpc) is 3.32. The van der Waals surface area contributed by atoms with Crippen LogP contribution in [0.1, 0.15) is 254 Å². The van der Waals surface area contributed by atoms with Gasteiger partial charge in [0, 0.05) is 29.5 Å². The molecule has 0 saturated carbocycles. The van der Waals surface area contributed by atoms with Gasteiger partial charge in [-0.3, -0.25) is 9.59 Å². The molecule has 0 saturated heterocycles. The second-order valence-corrected chi connectivity index (χ2v) is 21.3. The highest BCUT2D eigenvalue weighted by molar-refractivity contribution is 5.77. The Labute approximate surface area is 447 Å². The molecule has 0 bridgehead atoms. The molecule has 6 nitrogen and oxygen atoms in total. The van der Waals surface area contributed by atoms with Crippen LogP contribution in [0, 0.1) is 6.92 Å². The summed E-state index contributed by atoms with van der Waals surface area (Å²) in [6.07, 6.45) is 45.7. The Bertz CT molecular complexity index is 2150. The Morgan fingerprint density at radius 3 is 0.863 bits per heavy atom. The van der Waals surface area contributed by atoms with E-state index in [1.54, 1.807) is 0 Å². The Morgan fingerprint density at radius 1 is 0.356 bits per heavy atom. The van der Waals surface area contributed by atoms with Crippen LogP contribution in [0.2, 0.25) is 0 Å². The summed E-state index contributed by atoms with van der Waals surface area (Å²) in [4.78, 5) is 25.3. The molecule has 6 heteroatoms. The lowest BCUT2D eigenvalue weighted by Crippen LogP contribution is -2.16. The summed E-state index contributed by atoms with van der Waals surface area (Å²) in [5, 5.41) is 20.7. The smallest absolute Gasteiger partial charge is 0.311 e. The molecule has 0 amide bonds. The van der Waals surface area contributed by atoms with Gasteiger partial charge in [-0.1, -0.05) is 130 Å². The molecule has 0 aliphatic heterocycles. The number of allylic oxidation sites excluding steroid dienone is 20. The normalized spacial score (nSPS) is 13.8. The SMILES string of the molecule is CCCC(=O)Oc1c(C)c(C/C=C(\C)CC/C=C(\C)CC/C=C(\C)CC/C=C(\C)CC/C=C(\C)CC/C=C(\C)CC/C=C(\C)CC/C=C(\C)CC/C=C(\C)CCC=C(C)C)c(OC(=O)CCC)c(CO)c1CO. The predicted molar refractivity (Wildman–Crippen MR) is 314 cm³/mol. The molecule has 1 aromatic carbocycles. The van der Waals surface area contributed by atoms with E-state index in [9.17, 15) is 19.8 Å². The van der Waals surface area contributed by atoms with Gasteiger partial charge in [0.1, 0.15) is 11.5 Å². The van der Waals surface area contributed by atoms with Gasteiger partial charge in [-0.25, -0.2) is 0 Å². The minimum absolute atomic E-state index is 0.227. The highest BCUT2D eigenvalue weighted by Crippen LogP contribution is 2.40. The minimum atomic E-state index is -0.472. The first-order valence-corrected chi connectivity index (χ1v) is 28.2. The van der Waals surface area contributed by atoms with Gasteiger partial charge in [0.15, 0.2) is 0 Å². The minimum Gasteiger partial charge on any atom is -0.426 e. The summed E-state index contributed by atoms with van der Waals surface area (Å²) >= 11 is 0. The van der Waals surface area contributed by atoms with E-state index in [4.69, 9.17) is 9.47 Å². The van der Waals surface area contributed by atoms with E-state index in [0.717, 1.165) is 103 Å². The van der Waals surface area contributed by atoms with Crippen LogP contribution in [-0.2, 0) is 29.2 Å². The number of aliphatic hydroxyl groups is 2. The largest absolute Gasteiger partial charge is 0.426 e. The van der Waals surface area contributed by atoms with Gasteiger partial charge in [-0.15, -0.1) is 0 Å². The zero-order valence-electron chi connectivity index (χ0n) is 49.0. The number of carbonyl (C=O) groups is 2. The van der Waals surface area contributed by atoms with Gasteiger partial charge >= 0.3 is 11.9 Å². The van der Waals surface area contributed by atoms with Crippen LogP contribution in [0.4, 0.5) is 0 Å². The van der Waals surface area contributed by atoms with Crippen molar-refractivity contribution in [1.29, 1.82) is 0 Å². The number of esters is 2. The molecule has 0 spiro atoms. The second-order valence-electron chi connectivity index (χ2n) is 21.3. The van der Waals surface area contributed by atoms with E-state index in [2.05, 4.69) is 137 Å². The first-order valence-electron chi connectivity index (χ1n) is 28.2. The zero-order chi connectivity index (χ0) is 54.6. The first kappa shape index (κ1) is 66.5. The van der Waals surface area contributed by atoms with E-state index < -0.39 is 25.2 Å². The molecule has 1 rings (SSSR count). The average molecular weight is 1010 g/mol. The van der Waals surface area contributed by atoms with E-state index in [1.807, 2.05) is 20.8 Å². The van der Waals surface area contributed by atoms with Crippen LogP contribution in [0.15, 0.2) is 116 Å². The van der Waals surface area contributed by atoms with E-state index >= 15 is 0 Å². The van der Waals surface area contributed by atoms with Gasteiger partial charge in [0.25, 0.3) is 0 Å². The summed E-state index contributed by atoms with van der Waals surface area (Å²) in [7, 11) is 0. The van der Waals surface area contributed by atoms with E-state index in [-0.39, 0.29) is 35.5 Å². The number of ether oxygens (including phenoxy) is 2.